The summed E-state index contributed by atoms with van der Waals surface area (Å²) in [6, 6.07) is 0.253. The van der Waals surface area contributed by atoms with Gasteiger partial charge in [-0.1, -0.05) is 0 Å². The number of hydrogen-bond acceptors (Lipinski definition) is 3. The molecule has 100 valence electrons. The Morgan fingerprint density at radius 3 is 2.35 bits per heavy atom. The van der Waals surface area contributed by atoms with Gasteiger partial charge in [0, 0.05) is 25.6 Å². The van der Waals surface area contributed by atoms with Crippen molar-refractivity contribution < 1.29 is 4.79 Å². The van der Waals surface area contributed by atoms with Crippen LogP contribution in [0.3, 0.4) is 0 Å². The summed E-state index contributed by atoms with van der Waals surface area (Å²) in [5, 5.41) is 3.05. The fourth-order valence-corrected chi connectivity index (χ4v) is 1.40. The van der Waals surface area contributed by atoms with E-state index in [4.69, 9.17) is 5.84 Å². The van der Waals surface area contributed by atoms with Gasteiger partial charge >= 0.3 is 0 Å². The average molecular weight is 243 g/mol. The van der Waals surface area contributed by atoms with Crippen LogP contribution in [0.2, 0.25) is 0 Å². The molecular formula is C11H25N5O. The molecule has 0 atom stereocenters. The van der Waals surface area contributed by atoms with E-state index in [1.165, 1.54) is 0 Å². The normalized spacial score (nSPS) is 11.5. The first-order chi connectivity index (χ1) is 8.04. The predicted molar refractivity (Wildman–Crippen MR) is 70.4 cm³/mol. The number of guanidine groups is 1. The highest BCUT2D eigenvalue weighted by Crippen LogP contribution is 1.94. The van der Waals surface area contributed by atoms with Crippen molar-refractivity contribution >= 4 is 11.9 Å². The summed E-state index contributed by atoms with van der Waals surface area (Å²) in [7, 11) is 0. The molecule has 0 aromatic carbocycles. The maximum Gasteiger partial charge on any atom is 0.224 e. The number of carbonyl (C=O) groups is 1. The van der Waals surface area contributed by atoms with E-state index < -0.39 is 0 Å². The van der Waals surface area contributed by atoms with Gasteiger partial charge in [-0.2, -0.15) is 0 Å². The van der Waals surface area contributed by atoms with Crippen molar-refractivity contribution in [2.75, 3.05) is 19.6 Å². The summed E-state index contributed by atoms with van der Waals surface area (Å²) in [5.41, 5.74) is 2.48. The molecule has 0 saturated carbocycles. The number of hydrogen-bond donors (Lipinski definition) is 3. The van der Waals surface area contributed by atoms with Crippen LogP contribution in [-0.4, -0.2) is 42.4 Å². The Hall–Kier alpha value is -1.30. The van der Waals surface area contributed by atoms with E-state index in [0.717, 1.165) is 13.1 Å². The van der Waals surface area contributed by atoms with Crippen molar-refractivity contribution in [3.8, 4) is 0 Å². The Labute approximate surface area is 104 Å². The smallest absolute Gasteiger partial charge is 0.224 e. The quantitative estimate of drug-likeness (QED) is 0.267. The Balaban J connectivity index is 4.09. The van der Waals surface area contributed by atoms with E-state index in [1.807, 2.05) is 27.7 Å². The van der Waals surface area contributed by atoms with Gasteiger partial charge in [0.1, 0.15) is 0 Å². The fraction of sp³-hybridized carbons (Fsp3) is 0.818. The lowest BCUT2D eigenvalue weighted by Gasteiger charge is -2.18. The number of nitrogens with one attached hydrogen (secondary N) is 2. The van der Waals surface area contributed by atoms with Gasteiger partial charge in [0.25, 0.3) is 0 Å². The molecule has 6 heteroatoms. The molecule has 0 fully saturated rings. The highest BCUT2D eigenvalue weighted by atomic mass is 16.2. The second kappa shape index (κ2) is 8.81. The minimum atomic E-state index is 0.125. The molecular weight excluding hydrogens is 218 g/mol. The second-order valence-electron chi connectivity index (χ2n) is 3.99. The highest BCUT2D eigenvalue weighted by molar-refractivity contribution is 5.80. The van der Waals surface area contributed by atoms with Crippen LogP contribution < -0.4 is 16.6 Å². The lowest BCUT2D eigenvalue weighted by Crippen LogP contribution is -2.44. The maximum absolute atomic E-state index is 11.7. The molecule has 0 radical (unpaired) electrons. The number of hydrazine groups is 1. The Morgan fingerprint density at radius 1 is 1.35 bits per heavy atom. The average Bonchev–Trinajstić information content (AvgIpc) is 2.28. The third-order valence-electron chi connectivity index (χ3n) is 2.27. The zero-order valence-electron chi connectivity index (χ0n) is 11.3. The van der Waals surface area contributed by atoms with Gasteiger partial charge in [-0.3, -0.25) is 15.2 Å². The van der Waals surface area contributed by atoms with Gasteiger partial charge in [0.05, 0.1) is 6.54 Å². The van der Waals surface area contributed by atoms with Crippen LogP contribution in [0.4, 0.5) is 0 Å². The predicted octanol–water partition coefficient (Wildman–Crippen LogP) is 0.0622. The molecule has 0 aliphatic rings. The fourth-order valence-electron chi connectivity index (χ4n) is 1.40. The summed E-state index contributed by atoms with van der Waals surface area (Å²) in [6.45, 7) is 9.85. The first kappa shape index (κ1) is 15.7. The number of carbonyl (C=O) groups excluding carboxylic acids is 1. The second-order valence-corrected chi connectivity index (χ2v) is 3.99. The molecule has 0 aromatic heterocycles. The minimum Gasteiger partial charge on any atom is -0.353 e. The third kappa shape index (κ3) is 6.78. The van der Waals surface area contributed by atoms with Crippen LogP contribution in [-0.2, 0) is 4.79 Å². The molecule has 0 spiro atoms. The highest BCUT2D eigenvalue weighted by Gasteiger charge is 2.08. The molecule has 0 saturated heterocycles. The van der Waals surface area contributed by atoms with Crippen LogP contribution in [0.5, 0.6) is 0 Å². The standard InChI is InChI=1S/C11H25N5O/c1-5-16(6-2)10(17)7-8-13-11(15-12)14-9(3)4/h9H,5-8,12H2,1-4H3,(H2,13,14,15). The topological polar surface area (TPSA) is 82.8 Å². The number of nitrogens with zero attached hydrogens (tertiary/aromatic N) is 2. The summed E-state index contributed by atoms with van der Waals surface area (Å²) in [6.07, 6.45) is 0.409. The van der Waals surface area contributed by atoms with Crippen molar-refractivity contribution in [2.24, 2.45) is 10.8 Å². The summed E-state index contributed by atoms with van der Waals surface area (Å²) >= 11 is 0. The molecule has 4 N–H and O–H groups in total. The lowest BCUT2D eigenvalue weighted by molar-refractivity contribution is -0.130. The van der Waals surface area contributed by atoms with Crippen molar-refractivity contribution in [2.45, 2.75) is 40.2 Å². The molecule has 0 unspecified atom stereocenters. The van der Waals surface area contributed by atoms with Crippen LogP contribution >= 0.6 is 0 Å². The third-order valence-corrected chi connectivity index (χ3v) is 2.27. The zero-order valence-corrected chi connectivity index (χ0v) is 11.3. The lowest BCUT2D eigenvalue weighted by atomic mass is 10.3. The first-order valence-corrected chi connectivity index (χ1v) is 6.10. The molecule has 6 nitrogen and oxygen atoms in total. The molecule has 0 bridgehead atoms. The minimum absolute atomic E-state index is 0.125. The number of nitrogens with two attached hydrogens (primary N) is 1. The van der Waals surface area contributed by atoms with Gasteiger partial charge in [-0.15, -0.1) is 0 Å². The van der Waals surface area contributed by atoms with Gasteiger partial charge in [0.2, 0.25) is 11.9 Å². The van der Waals surface area contributed by atoms with Gasteiger partial charge < -0.3 is 10.2 Å². The van der Waals surface area contributed by atoms with E-state index in [2.05, 4.69) is 15.7 Å². The summed E-state index contributed by atoms with van der Waals surface area (Å²) in [4.78, 5) is 17.7. The van der Waals surface area contributed by atoms with Crippen molar-refractivity contribution in [1.82, 2.24) is 15.6 Å². The van der Waals surface area contributed by atoms with Gasteiger partial charge in [-0.05, 0) is 27.7 Å². The zero-order chi connectivity index (χ0) is 13.3. The van der Waals surface area contributed by atoms with E-state index in [-0.39, 0.29) is 11.9 Å². The SMILES string of the molecule is CCN(CC)C(=O)CCN=C(NN)NC(C)C. The molecule has 0 aliphatic heterocycles. The largest absolute Gasteiger partial charge is 0.353 e. The van der Waals surface area contributed by atoms with E-state index in [9.17, 15) is 4.79 Å². The molecule has 0 aliphatic carbocycles. The number of rotatable bonds is 6. The van der Waals surface area contributed by atoms with Gasteiger partial charge in [0.15, 0.2) is 0 Å². The van der Waals surface area contributed by atoms with Crippen LogP contribution in [0, 0.1) is 0 Å². The first-order valence-electron chi connectivity index (χ1n) is 6.10. The van der Waals surface area contributed by atoms with Crippen molar-refractivity contribution in [3.63, 3.8) is 0 Å². The molecule has 17 heavy (non-hydrogen) atoms. The summed E-state index contributed by atoms with van der Waals surface area (Å²) in [5.74, 6) is 5.96. The Bertz CT molecular complexity index is 248. The Kier molecular flexibility index (Phi) is 8.13. The van der Waals surface area contributed by atoms with E-state index in [1.54, 1.807) is 4.90 Å². The Morgan fingerprint density at radius 2 is 1.94 bits per heavy atom. The molecule has 0 rings (SSSR count). The number of amides is 1. The van der Waals surface area contributed by atoms with E-state index >= 15 is 0 Å². The van der Waals surface area contributed by atoms with Crippen molar-refractivity contribution in [1.29, 1.82) is 0 Å². The van der Waals surface area contributed by atoms with Crippen LogP contribution in [0.15, 0.2) is 4.99 Å². The van der Waals surface area contributed by atoms with Crippen LogP contribution in [0.25, 0.3) is 0 Å². The number of aliphatic imine (C=N–C) groups is 1. The molecule has 0 aromatic rings. The monoisotopic (exact) mass is 243 g/mol. The maximum atomic E-state index is 11.7. The molecule has 0 heterocycles. The summed E-state index contributed by atoms with van der Waals surface area (Å²) < 4.78 is 0. The van der Waals surface area contributed by atoms with Gasteiger partial charge in [-0.25, -0.2) is 5.84 Å². The van der Waals surface area contributed by atoms with Crippen LogP contribution in [0.1, 0.15) is 34.1 Å². The van der Waals surface area contributed by atoms with E-state index in [0.29, 0.717) is 18.9 Å². The molecule has 1 amide bonds. The van der Waals surface area contributed by atoms with Crippen molar-refractivity contribution in [3.05, 3.63) is 0 Å².